The molecule has 0 aromatic rings. The first-order valence-electron chi connectivity index (χ1n) is 7.20. The predicted octanol–water partition coefficient (Wildman–Crippen LogP) is 3.55. The molecule has 0 aromatic heterocycles. The fourth-order valence-corrected chi connectivity index (χ4v) is 2.61. The minimum absolute atomic E-state index is 0.266. The van der Waals surface area contributed by atoms with E-state index in [1.54, 1.807) is 0 Å². The number of nitrogens with one attached hydrogen (secondary N) is 1. The summed E-state index contributed by atoms with van der Waals surface area (Å²) in [6.45, 7) is 4.22. The maximum Gasteiger partial charge on any atom is 0.327 e. The number of rotatable bonds is 13. The Kier molecular flexibility index (Phi) is 12.2. The normalized spacial score (nSPS) is 14.6. The first-order chi connectivity index (χ1) is 8.62. The molecule has 2 N–H and O–H groups in total. The van der Waals surface area contributed by atoms with E-state index in [1.807, 2.05) is 0 Å². The van der Waals surface area contributed by atoms with Crippen LogP contribution in [-0.4, -0.2) is 31.3 Å². The molecule has 0 aliphatic carbocycles. The average molecular weight is 279 g/mol. The molecule has 0 rings (SSSR count). The quantitative estimate of drug-likeness (QED) is 0.400. The molecule has 0 amide bonds. The lowest BCUT2D eigenvalue weighted by atomic mass is 10.1. The van der Waals surface area contributed by atoms with Gasteiger partial charge in [-0.15, -0.1) is 0 Å². The van der Waals surface area contributed by atoms with Crippen molar-refractivity contribution in [3.8, 4) is 0 Å². The molecule has 4 nitrogen and oxygen atoms in total. The van der Waals surface area contributed by atoms with E-state index in [1.165, 1.54) is 45.6 Å². The summed E-state index contributed by atoms with van der Waals surface area (Å²) in [6, 6.07) is 0. The molecule has 110 valence electrons. The van der Waals surface area contributed by atoms with Crippen molar-refractivity contribution in [1.82, 2.24) is 5.32 Å². The van der Waals surface area contributed by atoms with E-state index in [9.17, 15) is 9.46 Å². The van der Waals surface area contributed by atoms with Gasteiger partial charge >= 0.3 is 7.60 Å². The van der Waals surface area contributed by atoms with Gasteiger partial charge in [-0.05, 0) is 32.4 Å². The Morgan fingerprint density at radius 2 is 1.56 bits per heavy atom. The van der Waals surface area contributed by atoms with Crippen molar-refractivity contribution >= 4 is 7.60 Å². The van der Waals surface area contributed by atoms with Gasteiger partial charge in [0.2, 0.25) is 0 Å². The van der Waals surface area contributed by atoms with E-state index in [-0.39, 0.29) is 6.16 Å². The van der Waals surface area contributed by atoms with E-state index in [4.69, 9.17) is 0 Å². The van der Waals surface area contributed by atoms with Gasteiger partial charge < -0.3 is 14.7 Å². The van der Waals surface area contributed by atoms with Gasteiger partial charge in [-0.1, -0.05) is 39.0 Å². The van der Waals surface area contributed by atoms with E-state index in [0.717, 1.165) is 25.9 Å². The van der Waals surface area contributed by atoms with Crippen LogP contribution in [0.3, 0.4) is 0 Å². The highest BCUT2D eigenvalue weighted by atomic mass is 31.2. The summed E-state index contributed by atoms with van der Waals surface area (Å²) in [6.07, 6.45) is 9.85. The highest BCUT2D eigenvalue weighted by Gasteiger charge is 2.15. The van der Waals surface area contributed by atoms with Gasteiger partial charge in [0.05, 0.1) is 6.16 Å². The van der Waals surface area contributed by atoms with Gasteiger partial charge in [-0.3, -0.25) is 4.57 Å². The summed E-state index contributed by atoms with van der Waals surface area (Å²) in [4.78, 5) is 9.18. The third kappa shape index (κ3) is 12.6. The zero-order chi connectivity index (χ0) is 13.7. The Labute approximate surface area is 112 Å². The zero-order valence-electron chi connectivity index (χ0n) is 12.0. The fourth-order valence-electron chi connectivity index (χ4n) is 1.81. The van der Waals surface area contributed by atoms with Crippen molar-refractivity contribution in [3.05, 3.63) is 0 Å². The molecule has 0 saturated heterocycles. The van der Waals surface area contributed by atoms with Crippen molar-refractivity contribution in [2.24, 2.45) is 0 Å². The Morgan fingerprint density at radius 1 is 1.00 bits per heavy atom. The van der Waals surface area contributed by atoms with Crippen LogP contribution < -0.4 is 5.32 Å². The van der Waals surface area contributed by atoms with Gasteiger partial charge in [0, 0.05) is 7.11 Å². The summed E-state index contributed by atoms with van der Waals surface area (Å²) in [5, 5.41) is 3.37. The summed E-state index contributed by atoms with van der Waals surface area (Å²) < 4.78 is 15.7. The molecule has 1 unspecified atom stereocenters. The summed E-state index contributed by atoms with van der Waals surface area (Å²) in [5.74, 6) is 0. The maximum atomic E-state index is 11.2. The highest BCUT2D eigenvalue weighted by molar-refractivity contribution is 7.52. The lowest BCUT2D eigenvalue weighted by molar-refractivity contribution is 0.314. The molecule has 0 aliphatic rings. The molecule has 0 aliphatic heterocycles. The third-order valence-electron chi connectivity index (χ3n) is 3.04. The number of hydrogen-bond acceptors (Lipinski definition) is 3. The molecule has 0 fully saturated rings. The Bertz CT molecular complexity index is 224. The molecule has 18 heavy (non-hydrogen) atoms. The van der Waals surface area contributed by atoms with Crippen LogP contribution in [0, 0.1) is 0 Å². The van der Waals surface area contributed by atoms with Crippen LogP contribution in [0.5, 0.6) is 0 Å². The molecule has 0 saturated carbocycles. The van der Waals surface area contributed by atoms with Crippen LogP contribution in [0.4, 0.5) is 0 Å². The molecular weight excluding hydrogens is 249 g/mol. The lowest BCUT2D eigenvalue weighted by Crippen LogP contribution is -2.16. The topological polar surface area (TPSA) is 58.6 Å². The molecule has 5 heteroatoms. The van der Waals surface area contributed by atoms with Gasteiger partial charge in [-0.2, -0.15) is 0 Å². The first kappa shape index (κ1) is 18.1. The number of unbranched alkanes of at least 4 members (excludes halogenated alkanes) is 6. The second kappa shape index (κ2) is 12.2. The van der Waals surface area contributed by atoms with E-state index in [0.29, 0.717) is 0 Å². The van der Waals surface area contributed by atoms with Crippen LogP contribution in [0.25, 0.3) is 0 Å². The third-order valence-corrected chi connectivity index (χ3v) is 4.49. The van der Waals surface area contributed by atoms with Gasteiger partial charge in [-0.25, -0.2) is 0 Å². The van der Waals surface area contributed by atoms with E-state index >= 15 is 0 Å². The second-order valence-corrected chi connectivity index (χ2v) is 6.86. The second-order valence-electron chi connectivity index (χ2n) is 4.77. The molecular formula is C13H30NO3P. The van der Waals surface area contributed by atoms with E-state index < -0.39 is 7.60 Å². The largest absolute Gasteiger partial charge is 0.327 e. The van der Waals surface area contributed by atoms with Gasteiger partial charge in [0.25, 0.3) is 0 Å². The van der Waals surface area contributed by atoms with Crippen molar-refractivity contribution in [3.63, 3.8) is 0 Å². The minimum atomic E-state index is -3.28. The minimum Gasteiger partial charge on any atom is -0.324 e. The van der Waals surface area contributed by atoms with Gasteiger partial charge in [0.1, 0.15) is 0 Å². The molecule has 0 radical (unpaired) electrons. The summed E-state index contributed by atoms with van der Waals surface area (Å²) in [7, 11) is -1.99. The van der Waals surface area contributed by atoms with Crippen molar-refractivity contribution in [2.75, 3.05) is 26.4 Å². The van der Waals surface area contributed by atoms with Crippen molar-refractivity contribution in [2.45, 2.75) is 58.3 Å². The predicted molar refractivity (Wildman–Crippen MR) is 77.2 cm³/mol. The highest BCUT2D eigenvalue weighted by Crippen LogP contribution is 2.41. The maximum absolute atomic E-state index is 11.2. The summed E-state index contributed by atoms with van der Waals surface area (Å²) in [5.41, 5.74) is 0. The standard InChI is InChI=1S/C13H30NO3P/c1-3-4-5-6-7-8-11-14-12-9-10-13-18(15,16)17-2/h14H,3-13H2,1-2H3,(H,15,16). The smallest absolute Gasteiger partial charge is 0.324 e. The monoisotopic (exact) mass is 279 g/mol. The van der Waals surface area contributed by atoms with Crippen LogP contribution in [0.2, 0.25) is 0 Å². The van der Waals surface area contributed by atoms with Crippen LogP contribution in [0.15, 0.2) is 0 Å². The number of hydrogen-bond donors (Lipinski definition) is 2. The van der Waals surface area contributed by atoms with Crippen molar-refractivity contribution in [1.29, 1.82) is 0 Å². The van der Waals surface area contributed by atoms with Gasteiger partial charge in [0.15, 0.2) is 0 Å². The molecule has 0 bridgehead atoms. The fraction of sp³-hybridized carbons (Fsp3) is 1.00. The van der Waals surface area contributed by atoms with Crippen LogP contribution in [0.1, 0.15) is 58.3 Å². The Hall–Kier alpha value is 0.110. The zero-order valence-corrected chi connectivity index (χ0v) is 12.9. The molecule has 0 heterocycles. The molecule has 0 spiro atoms. The van der Waals surface area contributed by atoms with E-state index in [2.05, 4.69) is 16.8 Å². The molecule has 0 aromatic carbocycles. The Balaban J connectivity index is 3.10. The first-order valence-corrected chi connectivity index (χ1v) is 8.97. The summed E-state index contributed by atoms with van der Waals surface area (Å²) >= 11 is 0. The van der Waals surface area contributed by atoms with Crippen LogP contribution >= 0.6 is 7.60 Å². The lowest BCUT2D eigenvalue weighted by Gasteiger charge is -2.08. The average Bonchev–Trinajstić information content (AvgIpc) is 2.36. The van der Waals surface area contributed by atoms with Crippen molar-refractivity contribution < 1.29 is 14.0 Å². The SMILES string of the molecule is CCCCCCCCNCCCCP(=O)(O)OC. The molecule has 1 atom stereocenters. The van der Waals surface area contributed by atoms with Crippen LogP contribution in [-0.2, 0) is 9.09 Å². The Morgan fingerprint density at radius 3 is 2.17 bits per heavy atom.